The summed E-state index contributed by atoms with van der Waals surface area (Å²) >= 11 is 0. The minimum Gasteiger partial charge on any atom is -0.337 e. The monoisotopic (exact) mass is 466 g/mol. The Morgan fingerprint density at radius 1 is 1.12 bits per heavy atom. The lowest BCUT2D eigenvalue weighted by Crippen LogP contribution is -2.49. The highest BCUT2D eigenvalue weighted by Crippen LogP contribution is 2.19. The maximum Gasteiger partial charge on any atom is 0.315 e. The number of carbonyl (C=O) groups excluding carboxylic acids is 2. The van der Waals surface area contributed by atoms with Gasteiger partial charge in [-0.3, -0.25) is 9.69 Å². The fraction of sp³-hybridized carbons (Fsp3) is 0.333. The Balaban J connectivity index is 1.19. The number of hydrogen-bond acceptors (Lipinski definition) is 6. The Hall–Kier alpha value is -3.79. The van der Waals surface area contributed by atoms with E-state index in [1.165, 1.54) is 12.1 Å². The van der Waals surface area contributed by atoms with Crippen LogP contribution in [0.1, 0.15) is 31.7 Å². The van der Waals surface area contributed by atoms with Crippen molar-refractivity contribution in [2.24, 2.45) is 0 Å². The summed E-state index contributed by atoms with van der Waals surface area (Å²) in [7, 11) is 0. The molecule has 3 aromatic rings. The lowest BCUT2D eigenvalue weighted by atomic mass is 10.1. The standard InChI is InChI=1S/C24H27FN6O3/c1-16(23-29-22(30-34-23)17-7-9-18(25)10-8-17)26-24(33)28-20-11-13-31(14-12-20)15-21(32)27-19-5-3-2-4-6-19/h2-10,16,20H,11-15H2,1H3,(H,27,32)(H2,26,28,33)/t16-/m0/s1. The van der Waals surface area contributed by atoms with Gasteiger partial charge in [-0.1, -0.05) is 23.4 Å². The van der Waals surface area contributed by atoms with Crippen molar-refractivity contribution < 1.29 is 18.5 Å². The minimum atomic E-state index is -0.497. The smallest absolute Gasteiger partial charge is 0.315 e. The topological polar surface area (TPSA) is 112 Å². The van der Waals surface area contributed by atoms with Gasteiger partial charge in [0.1, 0.15) is 11.9 Å². The van der Waals surface area contributed by atoms with Crippen LogP contribution in [0, 0.1) is 5.82 Å². The number of piperidine rings is 1. The number of rotatable bonds is 7. The molecule has 178 valence electrons. The Morgan fingerprint density at radius 3 is 2.53 bits per heavy atom. The molecule has 3 N–H and O–H groups in total. The first kappa shape index (κ1) is 23.4. The quantitative estimate of drug-likeness (QED) is 0.492. The number of nitrogens with one attached hydrogen (secondary N) is 3. The summed E-state index contributed by atoms with van der Waals surface area (Å²) in [4.78, 5) is 31.0. The first-order valence-corrected chi connectivity index (χ1v) is 11.2. The SMILES string of the molecule is C[C@H](NC(=O)NC1CCN(CC(=O)Nc2ccccc2)CC1)c1nc(-c2ccc(F)cc2)no1. The van der Waals surface area contributed by atoms with Crippen molar-refractivity contribution >= 4 is 17.6 Å². The molecule has 2 heterocycles. The molecule has 0 bridgehead atoms. The summed E-state index contributed by atoms with van der Waals surface area (Å²) in [6, 6.07) is 14.3. The molecule has 1 aliphatic heterocycles. The Labute approximate surface area is 196 Å². The number of nitrogens with zero attached hydrogens (tertiary/aromatic N) is 3. The van der Waals surface area contributed by atoms with Crippen LogP contribution in [0.3, 0.4) is 0 Å². The van der Waals surface area contributed by atoms with Gasteiger partial charge in [0.15, 0.2) is 0 Å². The maximum atomic E-state index is 13.1. The van der Waals surface area contributed by atoms with Crippen molar-refractivity contribution in [1.29, 1.82) is 0 Å². The average Bonchev–Trinajstić information content (AvgIpc) is 3.32. The average molecular weight is 467 g/mol. The van der Waals surface area contributed by atoms with Crippen molar-refractivity contribution in [3.8, 4) is 11.4 Å². The number of benzene rings is 2. The number of amides is 3. The van der Waals surface area contributed by atoms with Crippen molar-refractivity contribution in [3.63, 3.8) is 0 Å². The van der Waals surface area contributed by atoms with E-state index in [9.17, 15) is 14.0 Å². The molecule has 0 spiro atoms. The fourth-order valence-corrected chi connectivity index (χ4v) is 3.77. The number of halogens is 1. The van der Waals surface area contributed by atoms with Gasteiger partial charge in [-0.25, -0.2) is 9.18 Å². The Bertz CT molecular complexity index is 1100. The zero-order valence-corrected chi connectivity index (χ0v) is 18.8. The van der Waals surface area contributed by atoms with Crippen molar-refractivity contribution in [1.82, 2.24) is 25.7 Å². The van der Waals surface area contributed by atoms with E-state index in [4.69, 9.17) is 4.52 Å². The van der Waals surface area contributed by atoms with Gasteiger partial charge in [0.05, 0.1) is 6.54 Å². The van der Waals surface area contributed by atoms with E-state index in [0.29, 0.717) is 31.0 Å². The molecule has 0 saturated carbocycles. The highest BCUT2D eigenvalue weighted by Gasteiger charge is 2.24. The van der Waals surface area contributed by atoms with Crippen LogP contribution in [-0.2, 0) is 4.79 Å². The number of para-hydroxylation sites is 1. The normalized spacial score (nSPS) is 15.5. The van der Waals surface area contributed by atoms with Crippen molar-refractivity contribution in [2.75, 3.05) is 25.0 Å². The van der Waals surface area contributed by atoms with Crippen molar-refractivity contribution in [2.45, 2.75) is 31.8 Å². The summed E-state index contributed by atoms with van der Waals surface area (Å²) in [5.74, 6) is 0.186. The fourth-order valence-electron chi connectivity index (χ4n) is 3.77. The van der Waals surface area contributed by atoms with E-state index in [1.807, 2.05) is 30.3 Å². The predicted octanol–water partition coefficient (Wildman–Crippen LogP) is 3.34. The van der Waals surface area contributed by atoms with E-state index in [1.54, 1.807) is 19.1 Å². The van der Waals surface area contributed by atoms with Crippen molar-refractivity contribution in [3.05, 3.63) is 66.3 Å². The third kappa shape index (κ3) is 6.38. The van der Waals surface area contributed by atoms with Crippen LogP contribution in [0.4, 0.5) is 14.9 Å². The molecule has 1 aromatic heterocycles. The number of anilines is 1. The summed E-state index contributed by atoms with van der Waals surface area (Å²) in [6.45, 7) is 3.49. The van der Waals surface area contributed by atoms with E-state index in [-0.39, 0.29) is 29.7 Å². The summed E-state index contributed by atoms with van der Waals surface area (Å²) in [5.41, 5.74) is 1.40. The van der Waals surface area contributed by atoms with Crippen LogP contribution in [0.15, 0.2) is 59.1 Å². The summed E-state index contributed by atoms with van der Waals surface area (Å²) in [6.07, 6.45) is 1.49. The second kappa shape index (κ2) is 10.9. The molecule has 1 aliphatic rings. The van der Waals surface area contributed by atoms with E-state index in [2.05, 4.69) is 31.0 Å². The third-order valence-electron chi connectivity index (χ3n) is 5.61. The van der Waals surface area contributed by atoms with Gasteiger partial charge >= 0.3 is 6.03 Å². The predicted molar refractivity (Wildman–Crippen MR) is 124 cm³/mol. The largest absolute Gasteiger partial charge is 0.337 e. The van der Waals surface area contributed by atoms with Crippen LogP contribution >= 0.6 is 0 Å². The van der Waals surface area contributed by atoms with Gasteiger partial charge in [0.2, 0.25) is 17.6 Å². The molecule has 0 radical (unpaired) electrons. The Morgan fingerprint density at radius 2 is 1.82 bits per heavy atom. The zero-order valence-electron chi connectivity index (χ0n) is 18.8. The van der Waals surface area contributed by atoms with E-state index in [0.717, 1.165) is 18.5 Å². The number of carbonyl (C=O) groups is 2. The molecule has 1 fully saturated rings. The maximum absolute atomic E-state index is 13.1. The molecule has 10 heteroatoms. The lowest BCUT2D eigenvalue weighted by Gasteiger charge is -2.32. The minimum absolute atomic E-state index is 0.0121. The van der Waals surface area contributed by atoms with Gasteiger partial charge in [0, 0.05) is 30.4 Å². The third-order valence-corrected chi connectivity index (χ3v) is 5.61. The number of urea groups is 1. The number of aromatic nitrogens is 2. The second-order valence-electron chi connectivity index (χ2n) is 8.27. The number of hydrogen-bond donors (Lipinski definition) is 3. The van der Waals surface area contributed by atoms with Crippen LogP contribution in [-0.4, -0.2) is 52.7 Å². The summed E-state index contributed by atoms with van der Waals surface area (Å²) < 4.78 is 18.3. The highest BCUT2D eigenvalue weighted by atomic mass is 19.1. The molecule has 0 unspecified atom stereocenters. The Kier molecular flexibility index (Phi) is 7.48. The molecule has 0 aliphatic carbocycles. The van der Waals surface area contributed by atoms with Crippen LogP contribution in [0.25, 0.3) is 11.4 Å². The second-order valence-corrected chi connectivity index (χ2v) is 8.27. The molecule has 1 atom stereocenters. The van der Waals surface area contributed by atoms with Gasteiger partial charge in [-0.15, -0.1) is 0 Å². The van der Waals surface area contributed by atoms with Crippen LogP contribution in [0.5, 0.6) is 0 Å². The van der Waals surface area contributed by atoms with E-state index >= 15 is 0 Å². The highest BCUT2D eigenvalue weighted by molar-refractivity contribution is 5.92. The molecule has 2 aromatic carbocycles. The summed E-state index contributed by atoms with van der Waals surface area (Å²) in [5, 5.41) is 12.6. The van der Waals surface area contributed by atoms with E-state index < -0.39 is 6.04 Å². The first-order chi connectivity index (χ1) is 16.5. The van der Waals surface area contributed by atoms with Gasteiger partial charge in [-0.05, 0) is 56.2 Å². The molecule has 9 nitrogen and oxygen atoms in total. The lowest BCUT2D eigenvalue weighted by molar-refractivity contribution is -0.117. The molecule has 4 rings (SSSR count). The van der Waals surface area contributed by atoms with Gasteiger partial charge in [-0.2, -0.15) is 4.98 Å². The number of likely N-dealkylation sites (tertiary alicyclic amines) is 1. The zero-order chi connectivity index (χ0) is 23.9. The van der Waals surface area contributed by atoms with Gasteiger partial charge in [0.25, 0.3) is 0 Å². The van der Waals surface area contributed by atoms with Crippen LogP contribution < -0.4 is 16.0 Å². The molecular weight excluding hydrogens is 439 g/mol. The van der Waals surface area contributed by atoms with Gasteiger partial charge < -0.3 is 20.5 Å². The molecular formula is C24H27FN6O3. The molecule has 1 saturated heterocycles. The molecule has 34 heavy (non-hydrogen) atoms. The first-order valence-electron chi connectivity index (χ1n) is 11.2. The molecule has 3 amide bonds. The van der Waals surface area contributed by atoms with Crippen LogP contribution in [0.2, 0.25) is 0 Å².